The molecule has 0 atom stereocenters. The molecule has 4 rings (SSSR count). The Balaban J connectivity index is 1.47. The topological polar surface area (TPSA) is 48.1 Å². The number of hydrogen-bond acceptors (Lipinski definition) is 1. The molecule has 0 saturated carbocycles. The highest BCUT2D eigenvalue weighted by Gasteiger charge is 2.14. The molecule has 0 aliphatic heterocycles. The van der Waals surface area contributed by atoms with Gasteiger partial charge in [-0.2, -0.15) is 0 Å². The molecule has 0 aliphatic rings. The van der Waals surface area contributed by atoms with Crippen LogP contribution in [0.4, 0.5) is 10.5 Å². The molecule has 4 nitrogen and oxygen atoms in total. The maximum Gasteiger partial charge on any atom is 0.322 e. The summed E-state index contributed by atoms with van der Waals surface area (Å²) in [5.74, 6) is 0. The first-order valence-electron chi connectivity index (χ1n) is 11.1. The zero-order valence-corrected chi connectivity index (χ0v) is 18.4. The minimum Gasteiger partial charge on any atom is -0.361 e. The lowest BCUT2D eigenvalue weighted by atomic mass is 10.1. The number of aryl methyl sites for hydroxylation is 1. The summed E-state index contributed by atoms with van der Waals surface area (Å²) in [4.78, 5) is 18.3. The van der Waals surface area contributed by atoms with Crippen molar-refractivity contribution < 1.29 is 4.79 Å². The summed E-state index contributed by atoms with van der Waals surface area (Å²) in [6, 6.07) is 26.4. The van der Waals surface area contributed by atoms with Crippen molar-refractivity contribution in [2.24, 2.45) is 0 Å². The second-order valence-electron chi connectivity index (χ2n) is 7.85. The van der Waals surface area contributed by atoms with E-state index in [-0.39, 0.29) is 6.03 Å². The molecule has 1 aromatic heterocycles. The van der Waals surface area contributed by atoms with Crippen LogP contribution < -0.4 is 5.32 Å². The van der Waals surface area contributed by atoms with E-state index in [0.717, 1.165) is 29.6 Å². The molecule has 0 radical (unpaired) electrons. The Hall–Kier alpha value is -3.79. The summed E-state index contributed by atoms with van der Waals surface area (Å²) >= 11 is 0. The highest BCUT2D eigenvalue weighted by atomic mass is 16.2. The smallest absolute Gasteiger partial charge is 0.322 e. The fourth-order valence-corrected chi connectivity index (χ4v) is 3.78. The second kappa shape index (κ2) is 10.5. The van der Waals surface area contributed by atoms with Crippen LogP contribution in [0.5, 0.6) is 0 Å². The molecule has 162 valence electrons. The van der Waals surface area contributed by atoms with Gasteiger partial charge < -0.3 is 15.2 Å². The van der Waals surface area contributed by atoms with E-state index >= 15 is 0 Å². The fourth-order valence-electron chi connectivity index (χ4n) is 3.78. The summed E-state index contributed by atoms with van der Waals surface area (Å²) in [5.41, 5.74) is 5.54. The van der Waals surface area contributed by atoms with Crippen LogP contribution in [0.15, 0.2) is 91.1 Å². The van der Waals surface area contributed by atoms with E-state index in [9.17, 15) is 4.79 Å². The van der Waals surface area contributed by atoms with Gasteiger partial charge in [-0.3, -0.25) is 0 Å². The standard InChI is InChI=1S/C28H29N3O/c1-2-22-14-16-25(17-15-22)30-28(32)31(19-8-11-23-9-4-3-5-10-23)20-18-24-21-29-27-13-7-6-12-26(24)27/h3-17,21,29H,2,18-20H2,1H3,(H,30,32)/b11-8+. The predicted molar refractivity (Wildman–Crippen MR) is 134 cm³/mol. The number of aromatic nitrogens is 1. The van der Waals surface area contributed by atoms with Gasteiger partial charge >= 0.3 is 6.03 Å². The Morgan fingerprint density at radius 1 is 0.969 bits per heavy atom. The maximum absolute atomic E-state index is 13.1. The average Bonchev–Trinajstić information content (AvgIpc) is 3.25. The molecule has 32 heavy (non-hydrogen) atoms. The summed E-state index contributed by atoms with van der Waals surface area (Å²) in [7, 11) is 0. The van der Waals surface area contributed by atoms with Gasteiger partial charge in [0.25, 0.3) is 0 Å². The van der Waals surface area contributed by atoms with Crippen molar-refractivity contribution in [1.82, 2.24) is 9.88 Å². The van der Waals surface area contributed by atoms with Crippen LogP contribution in [-0.4, -0.2) is 29.0 Å². The number of para-hydroxylation sites is 1. The first kappa shape index (κ1) is 21.4. The Morgan fingerprint density at radius 2 is 1.72 bits per heavy atom. The number of carbonyl (C=O) groups excluding carboxylic acids is 1. The van der Waals surface area contributed by atoms with Crippen molar-refractivity contribution in [2.75, 3.05) is 18.4 Å². The maximum atomic E-state index is 13.1. The van der Waals surface area contributed by atoms with Crippen molar-refractivity contribution in [2.45, 2.75) is 19.8 Å². The van der Waals surface area contributed by atoms with Crippen LogP contribution in [0.3, 0.4) is 0 Å². The Bertz CT molecular complexity index is 1180. The quantitative estimate of drug-likeness (QED) is 0.333. The third kappa shape index (κ3) is 5.46. The summed E-state index contributed by atoms with van der Waals surface area (Å²) in [6.45, 7) is 3.29. The van der Waals surface area contributed by atoms with E-state index in [1.807, 2.05) is 59.6 Å². The molecule has 0 aliphatic carbocycles. The lowest BCUT2D eigenvalue weighted by molar-refractivity contribution is 0.218. The van der Waals surface area contributed by atoms with Crippen molar-refractivity contribution in [1.29, 1.82) is 0 Å². The number of aromatic amines is 1. The monoisotopic (exact) mass is 423 g/mol. The molecule has 0 bridgehead atoms. The Kier molecular flexibility index (Phi) is 7.03. The number of carbonyl (C=O) groups is 1. The van der Waals surface area contributed by atoms with E-state index in [4.69, 9.17) is 0 Å². The van der Waals surface area contributed by atoms with E-state index in [0.29, 0.717) is 13.1 Å². The van der Waals surface area contributed by atoms with Gasteiger partial charge in [-0.25, -0.2) is 4.79 Å². The number of H-pyrrole nitrogens is 1. The van der Waals surface area contributed by atoms with Crippen LogP contribution >= 0.6 is 0 Å². The largest absolute Gasteiger partial charge is 0.361 e. The molecular formula is C28H29N3O. The highest BCUT2D eigenvalue weighted by molar-refractivity contribution is 5.89. The molecule has 4 aromatic rings. The van der Waals surface area contributed by atoms with Gasteiger partial charge in [0.05, 0.1) is 0 Å². The number of hydrogen-bond donors (Lipinski definition) is 2. The van der Waals surface area contributed by atoms with Gasteiger partial charge in [0.15, 0.2) is 0 Å². The molecule has 1 heterocycles. The van der Waals surface area contributed by atoms with Crippen LogP contribution in [-0.2, 0) is 12.8 Å². The number of nitrogens with zero attached hydrogens (tertiary/aromatic N) is 1. The van der Waals surface area contributed by atoms with E-state index in [1.54, 1.807) is 0 Å². The third-order valence-corrected chi connectivity index (χ3v) is 5.66. The van der Waals surface area contributed by atoms with Crippen molar-refractivity contribution in [3.63, 3.8) is 0 Å². The summed E-state index contributed by atoms with van der Waals surface area (Å²) < 4.78 is 0. The number of fused-ring (bicyclic) bond motifs is 1. The lowest BCUT2D eigenvalue weighted by Gasteiger charge is -2.22. The van der Waals surface area contributed by atoms with Crippen molar-refractivity contribution in [3.8, 4) is 0 Å². The number of anilines is 1. The van der Waals surface area contributed by atoms with Crippen LogP contribution in [0.2, 0.25) is 0 Å². The number of amides is 2. The van der Waals surface area contributed by atoms with Crippen LogP contribution in [0.1, 0.15) is 23.6 Å². The van der Waals surface area contributed by atoms with Gasteiger partial charge in [0, 0.05) is 35.9 Å². The zero-order chi connectivity index (χ0) is 22.2. The highest BCUT2D eigenvalue weighted by Crippen LogP contribution is 2.19. The van der Waals surface area contributed by atoms with Gasteiger partial charge in [-0.1, -0.05) is 79.7 Å². The van der Waals surface area contributed by atoms with Gasteiger partial charge in [-0.05, 0) is 47.7 Å². The predicted octanol–water partition coefficient (Wildman–Crippen LogP) is 6.52. The zero-order valence-electron chi connectivity index (χ0n) is 18.4. The number of nitrogens with one attached hydrogen (secondary N) is 2. The SMILES string of the molecule is CCc1ccc(NC(=O)N(C/C=C/c2ccccc2)CCc2c[nH]c3ccccc23)cc1. The molecule has 2 N–H and O–H groups in total. The van der Waals surface area contributed by atoms with Crippen molar-refractivity contribution in [3.05, 3.63) is 108 Å². The van der Waals surface area contributed by atoms with Gasteiger partial charge in [0.2, 0.25) is 0 Å². The minimum absolute atomic E-state index is 0.0909. The molecule has 0 unspecified atom stereocenters. The molecule has 2 amide bonds. The molecule has 0 saturated heterocycles. The first-order chi connectivity index (χ1) is 15.7. The third-order valence-electron chi connectivity index (χ3n) is 5.66. The van der Waals surface area contributed by atoms with Crippen LogP contribution in [0, 0.1) is 0 Å². The fraction of sp³-hybridized carbons (Fsp3) is 0.179. The number of urea groups is 1. The lowest BCUT2D eigenvalue weighted by Crippen LogP contribution is -2.36. The number of benzene rings is 3. The Labute approximate surface area is 189 Å². The molecule has 3 aromatic carbocycles. The summed E-state index contributed by atoms with van der Waals surface area (Å²) in [5, 5.41) is 4.27. The van der Waals surface area contributed by atoms with Gasteiger partial charge in [-0.15, -0.1) is 0 Å². The van der Waals surface area contributed by atoms with Gasteiger partial charge in [0.1, 0.15) is 0 Å². The summed E-state index contributed by atoms with van der Waals surface area (Å²) in [6.07, 6.45) is 7.91. The van der Waals surface area contributed by atoms with Crippen LogP contribution in [0.25, 0.3) is 17.0 Å². The van der Waals surface area contributed by atoms with E-state index in [1.165, 1.54) is 16.5 Å². The number of rotatable bonds is 8. The average molecular weight is 424 g/mol. The molecule has 0 fully saturated rings. The Morgan fingerprint density at radius 3 is 2.50 bits per heavy atom. The van der Waals surface area contributed by atoms with Crippen molar-refractivity contribution >= 4 is 28.7 Å². The van der Waals surface area contributed by atoms with E-state index in [2.05, 4.69) is 59.7 Å². The minimum atomic E-state index is -0.0909. The second-order valence-corrected chi connectivity index (χ2v) is 7.85. The molecular weight excluding hydrogens is 394 g/mol. The molecule has 0 spiro atoms. The van der Waals surface area contributed by atoms with E-state index < -0.39 is 0 Å². The normalized spacial score (nSPS) is 11.2. The molecule has 4 heteroatoms. The first-order valence-corrected chi connectivity index (χ1v) is 11.1.